The quantitative estimate of drug-likeness (QED) is 0.833. The molecule has 0 fully saturated rings. The molecule has 2 heterocycles. The molecule has 0 aliphatic rings. The summed E-state index contributed by atoms with van der Waals surface area (Å²) in [5.74, 6) is 0.791. The first-order chi connectivity index (χ1) is 9.12. The summed E-state index contributed by atoms with van der Waals surface area (Å²) in [6, 6.07) is 5.08. The lowest BCUT2D eigenvalue weighted by molar-refractivity contribution is 0.402. The van der Waals surface area contributed by atoms with Crippen molar-refractivity contribution in [3.63, 3.8) is 0 Å². The molecule has 0 saturated carbocycles. The van der Waals surface area contributed by atoms with Gasteiger partial charge in [0, 0.05) is 18.9 Å². The number of furan rings is 1. The summed E-state index contributed by atoms with van der Waals surface area (Å²) in [5.41, 5.74) is 0. The van der Waals surface area contributed by atoms with E-state index < -0.39 is 10.0 Å². The van der Waals surface area contributed by atoms with Crippen LogP contribution in [0.4, 0.5) is 0 Å². The Kier molecular flexibility index (Phi) is 4.39. The van der Waals surface area contributed by atoms with E-state index in [2.05, 4.69) is 9.82 Å². The third-order valence-corrected chi connectivity index (χ3v) is 4.24. The lowest BCUT2D eigenvalue weighted by atomic mass is 10.2. The van der Waals surface area contributed by atoms with Crippen molar-refractivity contribution in [2.24, 2.45) is 0 Å². The van der Waals surface area contributed by atoms with Crippen LogP contribution in [0.5, 0.6) is 0 Å². The fourth-order valence-electron chi connectivity index (χ4n) is 1.82. The highest BCUT2D eigenvalue weighted by Crippen LogP contribution is 2.17. The molecule has 0 bridgehead atoms. The second-order valence-corrected chi connectivity index (χ2v) is 6.11. The van der Waals surface area contributed by atoms with Gasteiger partial charge >= 0.3 is 0 Å². The highest BCUT2D eigenvalue weighted by Gasteiger charge is 2.19. The molecule has 104 valence electrons. The van der Waals surface area contributed by atoms with Crippen molar-refractivity contribution in [3.8, 4) is 0 Å². The van der Waals surface area contributed by atoms with E-state index in [-0.39, 0.29) is 18.3 Å². The first-order valence-corrected chi connectivity index (χ1v) is 7.77. The van der Waals surface area contributed by atoms with E-state index in [1.807, 2.05) is 6.92 Å². The van der Waals surface area contributed by atoms with Crippen LogP contribution in [-0.4, -0.2) is 30.5 Å². The average molecular weight is 283 g/mol. The van der Waals surface area contributed by atoms with Gasteiger partial charge in [-0.1, -0.05) is 6.92 Å². The van der Waals surface area contributed by atoms with Gasteiger partial charge in [0.2, 0.25) is 10.0 Å². The molecule has 0 aliphatic carbocycles. The van der Waals surface area contributed by atoms with E-state index in [0.29, 0.717) is 12.2 Å². The standard InChI is InChI=1S/C12H17N3O3S/c1-2-9-19(16,17)14-10-11(12-5-3-8-18-12)15-7-4-6-13-15/h3-8,11,14H,2,9-10H2,1H3. The van der Waals surface area contributed by atoms with Crippen LogP contribution in [0.2, 0.25) is 0 Å². The predicted molar refractivity (Wildman–Crippen MR) is 71.2 cm³/mol. The van der Waals surface area contributed by atoms with Crippen molar-refractivity contribution in [1.82, 2.24) is 14.5 Å². The molecule has 6 nitrogen and oxygen atoms in total. The second-order valence-electron chi connectivity index (χ2n) is 4.18. The van der Waals surface area contributed by atoms with Crippen LogP contribution in [0.25, 0.3) is 0 Å². The first-order valence-electron chi connectivity index (χ1n) is 6.12. The van der Waals surface area contributed by atoms with E-state index in [1.54, 1.807) is 41.5 Å². The summed E-state index contributed by atoms with van der Waals surface area (Å²) >= 11 is 0. The molecular formula is C12H17N3O3S. The number of hydrogen-bond acceptors (Lipinski definition) is 4. The van der Waals surface area contributed by atoms with Crippen molar-refractivity contribution < 1.29 is 12.8 Å². The number of hydrogen-bond donors (Lipinski definition) is 1. The fourth-order valence-corrected chi connectivity index (χ4v) is 2.91. The zero-order valence-electron chi connectivity index (χ0n) is 10.7. The molecule has 0 aliphatic heterocycles. The lowest BCUT2D eigenvalue weighted by Crippen LogP contribution is -2.32. The van der Waals surface area contributed by atoms with E-state index >= 15 is 0 Å². The second kappa shape index (κ2) is 6.03. The van der Waals surface area contributed by atoms with Gasteiger partial charge in [-0.15, -0.1) is 0 Å². The molecule has 0 aromatic carbocycles. The van der Waals surface area contributed by atoms with E-state index in [1.165, 1.54) is 0 Å². The maximum absolute atomic E-state index is 11.7. The van der Waals surface area contributed by atoms with Crippen molar-refractivity contribution in [1.29, 1.82) is 0 Å². The average Bonchev–Trinajstić information content (AvgIpc) is 3.01. The van der Waals surface area contributed by atoms with Gasteiger partial charge in [0.1, 0.15) is 11.8 Å². The van der Waals surface area contributed by atoms with Crippen LogP contribution < -0.4 is 4.72 Å². The summed E-state index contributed by atoms with van der Waals surface area (Å²) < 4.78 is 33.0. The zero-order chi connectivity index (χ0) is 13.7. The van der Waals surface area contributed by atoms with Crippen molar-refractivity contribution in [3.05, 3.63) is 42.6 Å². The smallest absolute Gasteiger partial charge is 0.211 e. The predicted octanol–water partition coefficient (Wildman–Crippen LogP) is 1.39. The Morgan fingerprint density at radius 3 is 2.89 bits per heavy atom. The Morgan fingerprint density at radius 1 is 1.47 bits per heavy atom. The third kappa shape index (κ3) is 3.68. The summed E-state index contributed by atoms with van der Waals surface area (Å²) in [6.07, 6.45) is 5.58. The van der Waals surface area contributed by atoms with Gasteiger partial charge in [0.25, 0.3) is 0 Å². The van der Waals surface area contributed by atoms with Gasteiger partial charge < -0.3 is 4.42 Å². The molecular weight excluding hydrogens is 266 g/mol. The molecule has 2 aromatic heterocycles. The van der Waals surface area contributed by atoms with Crippen LogP contribution >= 0.6 is 0 Å². The normalized spacial score (nSPS) is 13.5. The number of nitrogens with one attached hydrogen (secondary N) is 1. The Bertz CT molecular complexity index is 542. The van der Waals surface area contributed by atoms with Crippen LogP contribution in [0.3, 0.4) is 0 Å². The molecule has 0 amide bonds. The van der Waals surface area contributed by atoms with Crippen molar-refractivity contribution in [2.45, 2.75) is 19.4 Å². The van der Waals surface area contributed by atoms with Crippen LogP contribution in [0, 0.1) is 0 Å². The van der Waals surface area contributed by atoms with Gasteiger partial charge in [0.05, 0.1) is 12.0 Å². The van der Waals surface area contributed by atoms with Crippen LogP contribution in [-0.2, 0) is 10.0 Å². The molecule has 1 unspecified atom stereocenters. The van der Waals surface area contributed by atoms with Crippen molar-refractivity contribution >= 4 is 10.0 Å². The minimum Gasteiger partial charge on any atom is -0.467 e. The lowest BCUT2D eigenvalue weighted by Gasteiger charge is -2.16. The van der Waals surface area contributed by atoms with Gasteiger partial charge in [-0.05, 0) is 24.6 Å². The summed E-state index contributed by atoms with van der Waals surface area (Å²) in [4.78, 5) is 0. The van der Waals surface area contributed by atoms with Gasteiger partial charge in [-0.3, -0.25) is 4.68 Å². The Morgan fingerprint density at radius 2 is 2.32 bits per heavy atom. The zero-order valence-corrected chi connectivity index (χ0v) is 11.5. The maximum Gasteiger partial charge on any atom is 0.211 e. The molecule has 1 N–H and O–H groups in total. The molecule has 2 aromatic rings. The monoisotopic (exact) mass is 283 g/mol. The van der Waals surface area contributed by atoms with E-state index in [9.17, 15) is 8.42 Å². The fraction of sp³-hybridized carbons (Fsp3) is 0.417. The maximum atomic E-state index is 11.7. The van der Waals surface area contributed by atoms with Crippen LogP contribution in [0.15, 0.2) is 41.3 Å². The molecule has 19 heavy (non-hydrogen) atoms. The molecule has 1 atom stereocenters. The molecule has 0 radical (unpaired) electrons. The number of nitrogens with zero attached hydrogens (tertiary/aromatic N) is 2. The number of aromatic nitrogens is 2. The molecule has 7 heteroatoms. The number of sulfonamides is 1. The van der Waals surface area contributed by atoms with Crippen LogP contribution in [0.1, 0.15) is 25.1 Å². The highest BCUT2D eigenvalue weighted by atomic mass is 32.2. The Balaban J connectivity index is 2.12. The van der Waals surface area contributed by atoms with E-state index in [4.69, 9.17) is 4.42 Å². The van der Waals surface area contributed by atoms with Gasteiger partial charge in [0.15, 0.2) is 0 Å². The summed E-state index contributed by atoms with van der Waals surface area (Å²) in [5, 5.41) is 4.14. The molecule has 2 rings (SSSR count). The topological polar surface area (TPSA) is 77.1 Å². The number of rotatable bonds is 7. The first kappa shape index (κ1) is 13.8. The summed E-state index contributed by atoms with van der Waals surface area (Å²) in [6.45, 7) is 2.05. The Hall–Kier alpha value is -1.60. The third-order valence-electron chi connectivity index (χ3n) is 2.69. The minimum absolute atomic E-state index is 0.122. The van der Waals surface area contributed by atoms with Crippen molar-refractivity contribution in [2.75, 3.05) is 12.3 Å². The van der Waals surface area contributed by atoms with Gasteiger partial charge in [-0.25, -0.2) is 13.1 Å². The minimum atomic E-state index is -3.24. The largest absolute Gasteiger partial charge is 0.467 e. The van der Waals surface area contributed by atoms with Gasteiger partial charge in [-0.2, -0.15) is 5.10 Å². The molecule has 0 saturated heterocycles. The summed E-state index contributed by atoms with van der Waals surface area (Å²) in [7, 11) is -3.24. The Labute approximate surface area is 112 Å². The van der Waals surface area contributed by atoms with E-state index in [0.717, 1.165) is 0 Å². The SMILES string of the molecule is CCCS(=O)(=O)NCC(c1ccco1)n1cccn1. The molecule has 0 spiro atoms. The highest BCUT2D eigenvalue weighted by molar-refractivity contribution is 7.89.